The van der Waals surface area contributed by atoms with E-state index in [-0.39, 0.29) is 10.8 Å². The van der Waals surface area contributed by atoms with Crippen LogP contribution < -0.4 is 11.1 Å². The maximum atomic E-state index is 14.0. The van der Waals surface area contributed by atoms with Crippen LogP contribution in [-0.2, 0) is 14.4 Å². The Morgan fingerprint density at radius 2 is 1.67 bits per heavy atom. The first-order valence-corrected chi connectivity index (χ1v) is 13.5. The normalized spacial score (nSPS) is 34.7. The van der Waals surface area contributed by atoms with Crippen LogP contribution in [0.5, 0.6) is 0 Å². The van der Waals surface area contributed by atoms with Gasteiger partial charge in [-0.3, -0.25) is 19.7 Å². The quantitative estimate of drug-likeness (QED) is 0.235. The van der Waals surface area contributed by atoms with Gasteiger partial charge in [0.05, 0.1) is 5.71 Å². The maximum Gasteiger partial charge on any atom is 0.267 e. The number of ketones is 1. The molecule has 4 aliphatic rings. The van der Waals surface area contributed by atoms with Crippen LogP contribution in [0.15, 0.2) is 5.16 Å². The van der Waals surface area contributed by atoms with E-state index in [2.05, 4.69) is 19.0 Å². The summed E-state index contributed by atoms with van der Waals surface area (Å²) in [5.41, 5.74) is 2.72. The third-order valence-corrected chi connectivity index (χ3v) is 10.4. The molecule has 11 heteroatoms. The van der Waals surface area contributed by atoms with Crippen molar-refractivity contribution in [1.29, 1.82) is 0 Å². The van der Waals surface area contributed by atoms with Crippen LogP contribution in [0.25, 0.3) is 0 Å². The molecule has 7 nitrogen and oxygen atoms in total. The van der Waals surface area contributed by atoms with E-state index in [4.69, 9.17) is 10.6 Å². The van der Waals surface area contributed by atoms with E-state index in [9.17, 15) is 31.9 Å². The number of hydrogen-bond acceptors (Lipinski definition) is 6. The van der Waals surface area contributed by atoms with E-state index in [0.29, 0.717) is 42.3 Å². The van der Waals surface area contributed by atoms with Gasteiger partial charge >= 0.3 is 0 Å². The van der Waals surface area contributed by atoms with Crippen molar-refractivity contribution in [2.45, 2.75) is 71.6 Å². The Kier molecular flexibility index (Phi) is 6.99. The number of halogens is 4. The first kappa shape index (κ1) is 27.6. The van der Waals surface area contributed by atoms with E-state index in [1.165, 1.54) is 0 Å². The highest BCUT2D eigenvalue weighted by Gasteiger charge is 2.60. The third-order valence-electron chi connectivity index (χ3n) is 10.4. The molecule has 2 amide bonds. The number of nitrogens with zero attached hydrogens (tertiary/aromatic N) is 1. The zero-order valence-electron chi connectivity index (χ0n) is 22.0. The fourth-order valence-electron chi connectivity index (χ4n) is 8.17. The molecule has 0 spiro atoms. The Morgan fingerprint density at radius 3 is 2.36 bits per heavy atom. The van der Waals surface area contributed by atoms with E-state index < -0.39 is 52.9 Å². The number of nitrogen functional groups attached to an aromatic ring is 1. The molecule has 4 saturated carbocycles. The Hall–Kier alpha value is -2.98. The molecule has 4 aliphatic carbocycles. The smallest absolute Gasteiger partial charge is 0.267 e. The lowest BCUT2D eigenvalue weighted by Crippen LogP contribution is -2.53. The van der Waals surface area contributed by atoms with E-state index in [1.807, 2.05) is 0 Å². The minimum absolute atomic E-state index is 0.149. The number of fused-ring (bicyclic) bond motifs is 5. The number of nitrogens with one attached hydrogen (secondary N) is 1. The van der Waals surface area contributed by atoms with Crippen molar-refractivity contribution in [2.24, 2.45) is 39.7 Å². The Morgan fingerprint density at radius 1 is 0.974 bits per heavy atom. The number of imide groups is 1. The van der Waals surface area contributed by atoms with Gasteiger partial charge in [0.1, 0.15) is 17.0 Å². The Balaban J connectivity index is 1.17. The van der Waals surface area contributed by atoms with Gasteiger partial charge in [0.2, 0.25) is 0 Å². The van der Waals surface area contributed by atoms with Gasteiger partial charge in [-0.15, -0.1) is 0 Å². The summed E-state index contributed by atoms with van der Waals surface area (Å²) in [5, 5.41) is 5.74. The molecule has 5 rings (SSSR count). The number of nitrogens with two attached hydrogens (primary N) is 1. The fraction of sp³-hybridized carbons (Fsp3) is 0.643. The molecule has 1 aromatic rings. The summed E-state index contributed by atoms with van der Waals surface area (Å²) in [6.45, 7) is 3.81. The van der Waals surface area contributed by atoms with Gasteiger partial charge < -0.3 is 10.6 Å². The average molecular weight is 552 g/mol. The van der Waals surface area contributed by atoms with Crippen molar-refractivity contribution < 1.29 is 36.8 Å². The number of carbonyl (C=O) groups excluding carboxylic acids is 3. The minimum Gasteiger partial charge on any atom is -0.394 e. The molecule has 6 unspecified atom stereocenters. The van der Waals surface area contributed by atoms with Crippen molar-refractivity contribution in [3.63, 3.8) is 0 Å². The molecule has 212 valence electrons. The summed E-state index contributed by atoms with van der Waals surface area (Å²) in [7, 11) is 0. The maximum absolute atomic E-state index is 14.0. The van der Waals surface area contributed by atoms with Crippen LogP contribution >= 0.6 is 0 Å². The predicted octanol–water partition coefficient (Wildman–Crippen LogP) is 5.07. The van der Waals surface area contributed by atoms with Gasteiger partial charge in [0.15, 0.2) is 29.9 Å². The standard InChI is InChI=1S/C28H33F4N3O4/c1-27-9-7-14(11-13(27)3-4-15-16-5-6-18(36)28(16,2)10-8-17(15)27)35-39-12-19(37)34-26(38)20-21(29)23(31)25(33)24(32)22(20)30/h13,15-17H,3-12,33H2,1-2H3,(H,34,37,38)/b35-14+. The van der Waals surface area contributed by atoms with Crippen molar-refractivity contribution in [3.05, 3.63) is 28.8 Å². The molecular formula is C28H33F4N3O4. The lowest BCUT2D eigenvalue weighted by molar-refractivity contribution is -0.137. The van der Waals surface area contributed by atoms with Crippen LogP contribution in [0.4, 0.5) is 23.2 Å². The Labute approximate surface area is 223 Å². The zero-order valence-corrected chi connectivity index (χ0v) is 22.0. The summed E-state index contributed by atoms with van der Waals surface area (Å²) >= 11 is 0. The molecule has 0 aromatic heterocycles. The molecule has 4 fully saturated rings. The molecule has 1 aromatic carbocycles. The lowest BCUT2D eigenvalue weighted by atomic mass is 9.45. The molecular weight excluding hydrogens is 518 g/mol. The van der Waals surface area contributed by atoms with Crippen LogP contribution in [0.1, 0.15) is 82.0 Å². The van der Waals surface area contributed by atoms with E-state index in [1.54, 1.807) is 5.32 Å². The largest absolute Gasteiger partial charge is 0.394 e. The predicted molar refractivity (Wildman–Crippen MR) is 133 cm³/mol. The molecule has 0 bridgehead atoms. The average Bonchev–Trinajstić information content (AvgIpc) is 3.20. The molecule has 6 atom stereocenters. The summed E-state index contributed by atoms with van der Waals surface area (Å²) in [6.07, 6.45) is 8.21. The highest BCUT2D eigenvalue weighted by molar-refractivity contribution is 6.05. The first-order chi connectivity index (χ1) is 18.4. The molecule has 3 N–H and O–H groups in total. The molecule has 0 saturated heterocycles. The van der Waals surface area contributed by atoms with Gasteiger partial charge in [-0.05, 0) is 80.5 Å². The van der Waals surface area contributed by atoms with Crippen LogP contribution in [0, 0.1) is 57.8 Å². The Bertz CT molecular complexity index is 1240. The van der Waals surface area contributed by atoms with Gasteiger partial charge in [0.25, 0.3) is 11.8 Å². The van der Waals surface area contributed by atoms with E-state index >= 15 is 0 Å². The molecule has 0 heterocycles. The monoisotopic (exact) mass is 551 g/mol. The van der Waals surface area contributed by atoms with Gasteiger partial charge in [-0.25, -0.2) is 17.6 Å². The summed E-state index contributed by atoms with van der Waals surface area (Å²) in [5.74, 6) is -8.13. The fourth-order valence-corrected chi connectivity index (χ4v) is 8.17. The third kappa shape index (κ3) is 4.41. The van der Waals surface area contributed by atoms with Crippen LogP contribution in [0.3, 0.4) is 0 Å². The van der Waals surface area contributed by atoms with Crippen LogP contribution in [-0.4, -0.2) is 29.9 Å². The topological polar surface area (TPSA) is 111 Å². The van der Waals surface area contributed by atoms with Crippen molar-refractivity contribution in [1.82, 2.24) is 5.32 Å². The minimum atomic E-state index is -2.00. The second kappa shape index (κ2) is 9.89. The molecule has 0 aliphatic heterocycles. The number of carbonyl (C=O) groups is 3. The van der Waals surface area contributed by atoms with Gasteiger partial charge in [-0.2, -0.15) is 0 Å². The van der Waals surface area contributed by atoms with Gasteiger partial charge in [0, 0.05) is 11.8 Å². The van der Waals surface area contributed by atoms with E-state index in [0.717, 1.165) is 50.7 Å². The second-order valence-electron chi connectivity index (χ2n) is 12.1. The number of oxime groups is 1. The SMILES string of the molecule is CC12CCC3C(CCC4C/C(=N/OCC(=O)NC(=O)c5c(F)c(F)c(N)c(F)c5F)CCC43C)C1CCC2=O. The second-order valence-corrected chi connectivity index (χ2v) is 12.1. The number of benzene rings is 1. The van der Waals surface area contributed by atoms with Gasteiger partial charge in [-0.1, -0.05) is 19.0 Å². The zero-order chi connectivity index (χ0) is 28.3. The number of Topliss-reactive ketones (excluding diaryl/α,β-unsaturated/α-hetero) is 1. The summed E-state index contributed by atoms with van der Waals surface area (Å²) < 4.78 is 55.2. The molecule has 0 radical (unpaired) electrons. The lowest BCUT2D eigenvalue weighted by Gasteiger charge is -2.59. The highest BCUT2D eigenvalue weighted by Crippen LogP contribution is 2.65. The van der Waals surface area contributed by atoms with Crippen LogP contribution in [0.2, 0.25) is 0 Å². The van der Waals surface area contributed by atoms with Crippen molar-refractivity contribution in [2.75, 3.05) is 12.3 Å². The van der Waals surface area contributed by atoms with Crippen molar-refractivity contribution >= 4 is 29.0 Å². The number of hydrogen-bond donors (Lipinski definition) is 2. The highest BCUT2D eigenvalue weighted by atomic mass is 19.2. The number of anilines is 1. The first-order valence-electron chi connectivity index (χ1n) is 13.5. The number of amides is 2. The summed E-state index contributed by atoms with van der Waals surface area (Å²) in [6, 6.07) is 0. The van der Waals surface area contributed by atoms with Crippen molar-refractivity contribution in [3.8, 4) is 0 Å². The summed E-state index contributed by atoms with van der Waals surface area (Å²) in [4.78, 5) is 41.9. The molecule has 39 heavy (non-hydrogen) atoms. The number of rotatable bonds is 4.